The van der Waals surface area contributed by atoms with Gasteiger partial charge in [-0.2, -0.15) is 13.2 Å². The first-order valence-corrected chi connectivity index (χ1v) is 12.5. The van der Waals surface area contributed by atoms with Gasteiger partial charge in [-0.25, -0.2) is 4.39 Å². The first-order chi connectivity index (χ1) is 17.6. The highest BCUT2D eigenvalue weighted by Crippen LogP contribution is 2.38. The summed E-state index contributed by atoms with van der Waals surface area (Å²) < 4.78 is 62.0. The van der Waals surface area contributed by atoms with E-state index in [0.717, 1.165) is 42.6 Å². The number of benzene rings is 3. The number of carboxylic acid groups (broad SMARTS) is 1. The SMILES string of the molecule is COc1cc(F)cc(-c2ccc(N3CCC(CC(=O)O)CC3)c(NSc3cccc(C(F)(F)F)c3)c2)c1. The topological polar surface area (TPSA) is 61.8 Å². The lowest BCUT2D eigenvalue weighted by Gasteiger charge is -2.34. The monoisotopic (exact) mass is 534 g/mol. The second kappa shape index (κ2) is 11.3. The number of halogens is 4. The van der Waals surface area contributed by atoms with Gasteiger partial charge in [0.1, 0.15) is 11.6 Å². The number of rotatable bonds is 8. The van der Waals surface area contributed by atoms with E-state index in [1.165, 1.54) is 25.3 Å². The normalized spacial score (nSPS) is 14.5. The summed E-state index contributed by atoms with van der Waals surface area (Å²) in [5.41, 5.74) is 2.05. The number of hydrogen-bond acceptors (Lipinski definition) is 5. The number of nitrogens with one attached hydrogen (secondary N) is 1. The van der Waals surface area contributed by atoms with E-state index in [2.05, 4.69) is 9.62 Å². The summed E-state index contributed by atoms with van der Waals surface area (Å²) in [6.45, 7) is 1.29. The van der Waals surface area contributed by atoms with Crippen LogP contribution in [0, 0.1) is 11.7 Å². The third kappa shape index (κ3) is 6.88. The highest BCUT2D eigenvalue weighted by molar-refractivity contribution is 8.00. The third-order valence-corrected chi connectivity index (χ3v) is 7.11. The molecule has 10 heteroatoms. The maximum atomic E-state index is 14.2. The van der Waals surface area contributed by atoms with E-state index in [9.17, 15) is 22.4 Å². The van der Waals surface area contributed by atoms with Gasteiger partial charge >= 0.3 is 12.1 Å². The van der Waals surface area contributed by atoms with Crippen molar-refractivity contribution in [3.8, 4) is 16.9 Å². The molecule has 0 atom stereocenters. The molecule has 1 fully saturated rings. The maximum absolute atomic E-state index is 14.2. The van der Waals surface area contributed by atoms with Crippen LogP contribution in [0.5, 0.6) is 5.75 Å². The Labute approximate surface area is 216 Å². The van der Waals surface area contributed by atoms with Crippen molar-refractivity contribution in [2.75, 3.05) is 29.8 Å². The van der Waals surface area contributed by atoms with Gasteiger partial charge in [-0.15, -0.1) is 0 Å². The number of piperidine rings is 1. The average Bonchev–Trinajstić information content (AvgIpc) is 2.87. The van der Waals surface area contributed by atoms with Gasteiger partial charge in [0.2, 0.25) is 0 Å². The molecular weight excluding hydrogens is 508 g/mol. The van der Waals surface area contributed by atoms with Crippen LogP contribution in [0.15, 0.2) is 65.6 Å². The van der Waals surface area contributed by atoms with Crippen LogP contribution in [0.1, 0.15) is 24.8 Å². The largest absolute Gasteiger partial charge is 0.497 e. The van der Waals surface area contributed by atoms with Crippen LogP contribution in [0.3, 0.4) is 0 Å². The lowest BCUT2D eigenvalue weighted by molar-refractivity contribution is -0.138. The van der Waals surface area contributed by atoms with Crippen molar-refractivity contribution in [2.24, 2.45) is 5.92 Å². The number of ether oxygens (including phenoxy) is 1. The summed E-state index contributed by atoms with van der Waals surface area (Å²) in [7, 11) is 1.45. The van der Waals surface area contributed by atoms with Crippen molar-refractivity contribution >= 4 is 29.3 Å². The molecule has 1 heterocycles. The summed E-state index contributed by atoms with van der Waals surface area (Å²) in [6.07, 6.45) is -2.88. The van der Waals surface area contributed by atoms with Crippen LogP contribution in [0.2, 0.25) is 0 Å². The van der Waals surface area contributed by atoms with Gasteiger partial charge in [0.25, 0.3) is 0 Å². The Kier molecular flexibility index (Phi) is 8.16. The quantitative estimate of drug-likeness (QED) is 0.233. The van der Waals surface area contributed by atoms with Crippen molar-refractivity contribution in [2.45, 2.75) is 30.3 Å². The predicted molar refractivity (Wildman–Crippen MR) is 137 cm³/mol. The molecule has 37 heavy (non-hydrogen) atoms. The number of alkyl halides is 3. The number of carboxylic acids is 1. The molecule has 0 amide bonds. The first-order valence-electron chi connectivity index (χ1n) is 11.7. The molecule has 0 unspecified atom stereocenters. The fourth-order valence-electron chi connectivity index (χ4n) is 4.40. The molecule has 0 aliphatic carbocycles. The number of aliphatic carboxylic acids is 1. The Morgan fingerprint density at radius 3 is 2.51 bits per heavy atom. The molecular formula is C27H26F4N2O3S. The molecule has 0 saturated carbocycles. The molecule has 4 rings (SSSR count). The van der Waals surface area contributed by atoms with E-state index < -0.39 is 23.5 Å². The molecule has 1 saturated heterocycles. The maximum Gasteiger partial charge on any atom is 0.416 e. The average molecular weight is 535 g/mol. The molecule has 3 aromatic rings. The van der Waals surface area contributed by atoms with Crippen molar-refractivity contribution in [1.29, 1.82) is 0 Å². The summed E-state index contributed by atoms with van der Waals surface area (Å²) in [5, 5.41) is 9.10. The second-order valence-corrected chi connectivity index (χ2v) is 9.75. The Morgan fingerprint density at radius 1 is 1.08 bits per heavy atom. The van der Waals surface area contributed by atoms with Crippen molar-refractivity contribution in [3.05, 3.63) is 72.0 Å². The van der Waals surface area contributed by atoms with Crippen LogP contribution in [0.25, 0.3) is 11.1 Å². The minimum absolute atomic E-state index is 0.101. The third-order valence-electron chi connectivity index (χ3n) is 6.30. The smallest absolute Gasteiger partial charge is 0.416 e. The van der Waals surface area contributed by atoms with Crippen LogP contribution in [-0.4, -0.2) is 31.3 Å². The van der Waals surface area contributed by atoms with Gasteiger partial charge in [-0.05, 0) is 84.3 Å². The number of nitrogens with zero attached hydrogens (tertiary/aromatic N) is 1. The summed E-state index contributed by atoms with van der Waals surface area (Å²) in [5.74, 6) is -0.795. The van der Waals surface area contributed by atoms with Gasteiger partial charge in [-0.3, -0.25) is 4.79 Å². The molecule has 3 aromatic carbocycles. The standard InChI is InChI=1S/C27H26F4N2O3S/c1-36-22-13-19(12-21(28)16-22)18-5-6-25(33-9-7-17(8-10-33)11-26(34)35)24(14-18)32-37-23-4-2-3-20(15-23)27(29,30)31/h2-6,12-17,32H,7-11H2,1H3,(H,34,35). The molecule has 0 aromatic heterocycles. The Bertz CT molecular complexity index is 1260. The highest BCUT2D eigenvalue weighted by Gasteiger charge is 2.30. The van der Waals surface area contributed by atoms with E-state index in [4.69, 9.17) is 9.84 Å². The Hall–Kier alpha value is -3.40. The Morgan fingerprint density at radius 2 is 1.84 bits per heavy atom. The van der Waals surface area contributed by atoms with Crippen LogP contribution in [0.4, 0.5) is 28.9 Å². The zero-order valence-electron chi connectivity index (χ0n) is 20.0. The van der Waals surface area contributed by atoms with Gasteiger partial charge in [0.15, 0.2) is 0 Å². The fourth-order valence-corrected chi connectivity index (χ4v) is 5.12. The molecule has 0 bridgehead atoms. The molecule has 2 N–H and O–H groups in total. The Balaban J connectivity index is 1.63. The number of anilines is 2. The van der Waals surface area contributed by atoms with E-state index in [1.54, 1.807) is 12.1 Å². The number of hydrogen-bond donors (Lipinski definition) is 2. The number of carbonyl (C=O) groups is 1. The van der Waals surface area contributed by atoms with Gasteiger partial charge in [0, 0.05) is 30.5 Å². The zero-order valence-corrected chi connectivity index (χ0v) is 20.8. The van der Waals surface area contributed by atoms with Crippen molar-refractivity contribution < 1.29 is 32.2 Å². The van der Waals surface area contributed by atoms with Crippen molar-refractivity contribution in [3.63, 3.8) is 0 Å². The lowest BCUT2D eigenvalue weighted by Crippen LogP contribution is -2.34. The summed E-state index contributed by atoms with van der Waals surface area (Å²) >= 11 is 1.05. The summed E-state index contributed by atoms with van der Waals surface area (Å²) in [4.78, 5) is 13.6. The summed E-state index contributed by atoms with van der Waals surface area (Å²) in [6, 6.07) is 15.0. The highest BCUT2D eigenvalue weighted by atomic mass is 32.2. The first kappa shape index (κ1) is 26.7. The van der Waals surface area contributed by atoms with Gasteiger partial charge in [-0.1, -0.05) is 12.1 Å². The van der Waals surface area contributed by atoms with E-state index >= 15 is 0 Å². The second-order valence-electron chi connectivity index (χ2n) is 8.87. The van der Waals surface area contributed by atoms with Crippen LogP contribution in [-0.2, 0) is 11.0 Å². The van der Waals surface area contributed by atoms with E-state index in [1.807, 2.05) is 18.2 Å². The molecule has 196 valence electrons. The molecule has 1 aliphatic rings. The zero-order chi connectivity index (χ0) is 26.6. The van der Waals surface area contributed by atoms with Gasteiger partial charge in [0.05, 0.1) is 24.0 Å². The molecule has 1 aliphatic heterocycles. The van der Waals surface area contributed by atoms with Crippen molar-refractivity contribution in [1.82, 2.24) is 0 Å². The van der Waals surface area contributed by atoms with Gasteiger partial charge < -0.3 is 19.5 Å². The minimum atomic E-state index is -4.45. The fraction of sp³-hybridized carbons (Fsp3) is 0.296. The van der Waals surface area contributed by atoms with E-state index in [-0.39, 0.29) is 12.3 Å². The molecule has 5 nitrogen and oxygen atoms in total. The molecule has 0 spiro atoms. The van der Waals surface area contributed by atoms with Crippen LogP contribution >= 0.6 is 11.9 Å². The van der Waals surface area contributed by atoms with Crippen LogP contribution < -0.4 is 14.4 Å². The minimum Gasteiger partial charge on any atom is -0.497 e. The lowest BCUT2D eigenvalue weighted by atomic mass is 9.93. The predicted octanol–water partition coefficient (Wildman–Crippen LogP) is 7.33. The van der Waals surface area contributed by atoms with E-state index in [0.29, 0.717) is 40.5 Å². The number of methoxy groups -OCH3 is 1. The molecule has 0 radical (unpaired) electrons.